The number of urea groups is 1. The first-order valence-corrected chi connectivity index (χ1v) is 10.1. The molecule has 32 heavy (non-hydrogen) atoms. The first-order valence-electron chi connectivity index (χ1n) is 9.37. The van der Waals surface area contributed by atoms with Gasteiger partial charge >= 0.3 is 6.03 Å². The van der Waals surface area contributed by atoms with Crippen molar-refractivity contribution in [2.24, 2.45) is 0 Å². The third kappa shape index (κ3) is 4.95. The second-order valence-corrected chi connectivity index (χ2v) is 7.74. The summed E-state index contributed by atoms with van der Waals surface area (Å²) in [5, 5.41) is 4.27. The molecule has 0 atom stereocenters. The van der Waals surface area contributed by atoms with Crippen LogP contribution in [0.4, 0.5) is 19.3 Å². The summed E-state index contributed by atoms with van der Waals surface area (Å²) < 4.78 is 33.0. The number of nitrogens with one attached hydrogen (secondary N) is 2. The summed E-state index contributed by atoms with van der Waals surface area (Å²) in [5.41, 5.74) is -0.760. The Morgan fingerprint density at radius 3 is 2.19 bits per heavy atom. The van der Waals surface area contributed by atoms with Crippen molar-refractivity contribution in [3.8, 4) is 11.5 Å². The van der Waals surface area contributed by atoms with Crippen molar-refractivity contribution in [3.63, 3.8) is 0 Å². The molecule has 1 aromatic heterocycles. The smallest absolute Gasteiger partial charge is 0.326 e. The maximum atomic E-state index is 13.7. The third-order valence-corrected chi connectivity index (χ3v) is 5.05. The zero-order valence-corrected chi connectivity index (χ0v) is 17.7. The Morgan fingerprint density at radius 2 is 1.62 bits per heavy atom. The van der Waals surface area contributed by atoms with Crippen molar-refractivity contribution in [2.75, 3.05) is 5.32 Å². The molecule has 0 unspecified atom stereocenters. The van der Waals surface area contributed by atoms with Gasteiger partial charge < -0.3 is 10.1 Å². The molecule has 7 nitrogen and oxygen atoms in total. The number of hydrogen-bond acceptors (Lipinski definition) is 5. The first kappa shape index (κ1) is 21.9. The number of anilines is 1. The number of hydrogen-bond donors (Lipinski definition) is 2. The number of rotatable bonds is 5. The van der Waals surface area contributed by atoms with Gasteiger partial charge in [0.15, 0.2) is 11.5 Å². The summed E-state index contributed by atoms with van der Waals surface area (Å²) in [5.74, 6) is -1.85. The van der Waals surface area contributed by atoms with Crippen LogP contribution in [-0.2, 0) is 0 Å². The van der Waals surface area contributed by atoms with E-state index in [9.17, 15) is 18.4 Å². The molecule has 1 saturated carbocycles. The highest BCUT2D eigenvalue weighted by Gasteiger charge is 2.26. The number of nitrogens with zero attached hydrogens (tertiary/aromatic N) is 2. The normalized spacial score (nSPS) is 12.9. The number of ether oxygens (including phenoxy) is 1. The fraction of sp³-hybridized carbons (Fsp3) is 0.143. The van der Waals surface area contributed by atoms with Crippen LogP contribution in [0.2, 0.25) is 10.0 Å². The van der Waals surface area contributed by atoms with Crippen molar-refractivity contribution in [3.05, 3.63) is 75.8 Å². The molecule has 1 fully saturated rings. The molecule has 0 radical (unpaired) electrons. The summed E-state index contributed by atoms with van der Waals surface area (Å²) in [4.78, 5) is 32.6. The van der Waals surface area contributed by atoms with Gasteiger partial charge in [-0.2, -0.15) is 0 Å². The van der Waals surface area contributed by atoms with Crippen molar-refractivity contribution in [1.29, 1.82) is 0 Å². The fourth-order valence-electron chi connectivity index (χ4n) is 2.82. The first-order chi connectivity index (χ1) is 15.3. The van der Waals surface area contributed by atoms with Gasteiger partial charge in [0.05, 0.1) is 22.4 Å². The van der Waals surface area contributed by atoms with E-state index < -0.39 is 29.1 Å². The number of amides is 3. The van der Waals surface area contributed by atoms with E-state index in [4.69, 9.17) is 27.9 Å². The Balaban J connectivity index is 1.43. The predicted octanol–water partition coefficient (Wildman–Crippen LogP) is 5.69. The van der Waals surface area contributed by atoms with Gasteiger partial charge in [0, 0.05) is 11.6 Å². The van der Waals surface area contributed by atoms with Gasteiger partial charge in [0.1, 0.15) is 23.0 Å². The number of imide groups is 1. The van der Waals surface area contributed by atoms with E-state index in [0.717, 1.165) is 36.9 Å². The van der Waals surface area contributed by atoms with E-state index in [2.05, 4.69) is 15.3 Å². The second-order valence-electron chi connectivity index (χ2n) is 6.93. The SMILES string of the molecule is O=C(NC(=O)c1c(F)cccc1F)Nc1cc(Cl)c(Oc2cnc(C3CC3)nc2)c(Cl)c1. The van der Waals surface area contributed by atoms with E-state index in [1.807, 2.05) is 5.32 Å². The number of benzene rings is 2. The molecule has 1 aliphatic carbocycles. The minimum absolute atomic E-state index is 0.0607. The fourth-order valence-corrected chi connectivity index (χ4v) is 3.39. The van der Waals surface area contributed by atoms with Crippen LogP contribution >= 0.6 is 23.2 Å². The van der Waals surface area contributed by atoms with Crippen molar-refractivity contribution < 1.29 is 23.1 Å². The van der Waals surface area contributed by atoms with Gasteiger partial charge in [-0.05, 0) is 37.1 Å². The van der Waals surface area contributed by atoms with Crippen LogP contribution in [0.3, 0.4) is 0 Å². The second kappa shape index (κ2) is 9.05. The highest BCUT2D eigenvalue weighted by Crippen LogP contribution is 2.40. The van der Waals surface area contributed by atoms with E-state index in [1.165, 1.54) is 24.5 Å². The number of aromatic nitrogens is 2. The lowest BCUT2D eigenvalue weighted by Crippen LogP contribution is -2.35. The van der Waals surface area contributed by atoms with E-state index in [-0.39, 0.29) is 21.5 Å². The van der Waals surface area contributed by atoms with Gasteiger partial charge in [0.2, 0.25) is 0 Å². The molecule has 4 rings (SSSR count). The summed E-state index contributed by atoms with van der Waals surface area (Å²) in [6.07, 6.45) is 5.17. The average Bonchev–Trinajstić information content (AvgIpc) is 3.56. The maximum Gasteiger partial charge on any atom is 0.326 e. The van der Waals surface area contributed by atoms with Gasteiger partial charge in [-0.25, -0.2) is 23.5 Å². The molecule has 0 saturated heterocycles. The number of carbonyl (C=O) groups is 2. The summed E-state index contributed by atoms with van der Waals surface area (Å²) in [6.45, 7) is 0. The number of carbonyl (C=O) groups excluding carboxylic acids is 2. The van der Waals surface area contributed by atoms with Crippen LogP contribution in [0.5, 0.6) is 11.5 Å². The Hall–Kier alpha value is -3.30. The van der Waals surface area contributed by atoms with Crippen molar-refractivity contribution in [1.82, 2.24) is 15.3 Å². The molecular formula is C21H14Cl2F2N4O3. The molecular weight excluding hydrogens is 465 g/mol. The van der Waals surface area contributed by atoms with Gasteiger partial charge in [-0.1, -0.05) is 29.3 Å². The van der Waals surface area contributed by atoms with Crippen LogP contribution < -0.4 is 15.4 Å². The highest BCUT2D eigenvalue weighted by molar-refractivity contribution is 6.37. The number of halogens is 4. The monoisotopic (exact) mass is 478 g/mol. The Kier molecular flexibility index (Phi) is 6.20. The summed E-state index contributed by atoms with van der Waals surface area (Å²) in [7, 11) is 0. The van der Waals surface area contributed by atoms with E-state index >= 15 is 0 Å². The molecule has 0 aliphatic heterocycles. The Morgan fingerprint density at radius 1 is 1.03 bits per heavy atom. The molecule has 2 aromatic carbocycles. The van der Waals surface area contributed by atoms with Crippen LogP contribution in [0.15, 0.2) is 42.7 Å². The molecule has 0 bridgehead atoms. The minimum atomic E-state index is -1.25. The Labute approximate surface area is 190 Å². The van der Waals surface area contributed by atoms with Crippen LogP contribution in [-0.4, -0.2) is 21.9 Å². The maximum absolute atomic E-state index is 13.7. The van der Waals surface area contributed by atoms with Gasteiger partial charge in [-0.3, -0.25) is 10.1 Å². The average molecular weight is 479 g/mol. The van der Waals surface area contributed by atoms with Crippen LogP contribution in [0.25, 0.3) is 0 Å². The zero-order chi connectivity index (χ0) is 22.8. The van der Waals surface area contributed by atoms with Crippen molar-refractivity contribution >= 4 is 40.8 Å². The molecule has 164 valence electrons. The molecule has 11 heteroatoms. The quantitative estimate of drug-likeness (QED) is 0.490. The van der Waals surface area contributed by atoms with Crippen LogP contribution in [0, 0.1) is 11.6 Å². The molecule has 0 spiro atoms. The van der Waals surface area contributed by atoms with Gasteiger partial charge in [0.25, 0.3) is 5.91 Å². The molecule has 1 aliphatic rings. The zero-order valence-electron chi connectivity index (χ0n) is 16.2. The molecule has 3 aromatic rings. The third-order valence-electron chi connectivity index (χ3n) is 4.48. The minimum Gasteiger partial charge on any atom is -0.451 e. The largest absolute Gasteiger partial charge is 0.451 e. The van der Waals surface area contributed by atoms with E-state index in [1.54, 1.807) is 0 Å². The lowest BCUT2D eigenvalue weighted by Gasteiger charge is -2.12. The lowest BCUT2D eigenvalue weighted by molar-refractivity contribution is 0.0959. The Bertz CT molecular complexity index is 1160. The molecule has 1 heterocycles. The summed E-state index contributed by atoms with van der Waals surface area (Å²) in [6, 6.07) is 4.52. The molecule has 3 amide bonds. The van der Waals surface area contributed by atoms with Crippen molar-refractivity contribution in [2.45, 2.75) is 18.8 Å². The van der Waals surface area contributed by atoms with E-state index in [0.29, 0.717) is 11.7 Å². The molecule has 2 N–H and O–H groups in total. The summed E-state index contributed by atoms with van der Waals surface area (Å²) >= 11 is 12.4. The van der Waals surface area contributed by atoms with Crippen LogP contribution in [0.1, 0.15) is 34.9 Å². The van der Waals surface area contributed by atoms with Gasteiger partial charge in [-0.15, -0.1) is 0 Å². The predicted molar refractivity (Wildman–Crippen MR) is 113 cm³/mol. The topological polar surface area (TPSA) is 93.2 Å². The lowest BCUT2D eigenvalue weighted by atomic mass is 10.2. The highest BCUT2D eigenvalue weighted by atomic mass is 35.5. The standard InChI is InChI=1S/C21H14Cl2F2N4O3/c22-13-6-11(28-21(31)29-20(30)17-15(24)2-1-3-16(17)25)7-14(23)18(13)32-12-8-26-19(27-9-12)10-4-5-10/h1-3,6-10H,4-5H2,(H2,28,29,30,31).